The second-order valence-electron chi connectivity index (χ2n) is 4.68. The lowest BCUT2D eigenvalue weighted by Crippen LogP contribution is -2.55. The van der Waals surface area contributed by atoms with Gasteiger partial charge in [-0.25, -0.2) is 0 Å². The molecule has 1 fully saturated rings. The molecule has 0 amide bonds. The fourth-order valence-corrected chi connectivity index (χ4v) is 2.05. The molecule has 0 radical (unpaired) electrons. The van der Waals surface area contributed by atoms with Crippen LogP contribution in [-0.2, 0) is 0 Å². The van der Waals surface area contributed by atoms with Crippen LogP contribution in [0.2, 0.25) is 0 Å². The second kappa shape index (κ2) is 5.69. The SMILES string of the molecule is CCC[C@H](CN1CC(O)C1)NC(C)C. The highest BCUT2D eigenvalue weighted by Crippen LogP contribution is 2.10. The van der Waals surface area contributed by atoms with Crippen molar-refractivity contribution in [3.8, 4) is 0 Å². The van der Waals surface area contributed by atoms with E-state index in [2.05, 4.69) is 31.0 Å². The Kier molecular flexibility index (Phi) is 4.85. The van der Waals surface area contributed by atoms with Gasteiger partial charge in [-0.1, -0.05) is 27.2 Å². The van der Waals surface area contributed by atoms with Crippen LogP contribution < -0.4 is 5.32 Å². The van der Waals surface area contributed by atoms with Gasteiger partial charge in [-0.3, -0.25) is 4.90 Å². The van der Waals surface area contributed by atoms with Gasteiger partial charge in [0.2, 0.25) is 0 Å². The van der Waals surface area contributed by atoms with Crippen molar-refractivity contribution in [1.82, 2.24) is 10.2 Å². The van der Waals surface area contributed by atoms with Gasteiger partial charge in [0.15, 0.2) is 0 Å². The summed E-state index contributed by atoms with van der Waals surface area (Å²) in [5, 5.41) is 12.8. The predicted molar refractivity (Wildman–Crippen MR) is 59.4 cm³/mol. The molecule has 1 saturated heterocycles. The molecule has 1 rings (SSSR count). The molecule has 0 aliphatic carbocycles. The number of aliphatic hydroxyl groups excluding tert-OH is 1. The van der Waals surface area contributed by atoms with E-state index in [1.165, 1.54) is 12.8 Å². The van der Waals surface area contributed by atoms with Crippen molar-refractivity contribution in [3.05, 3.63) is 0 Å². The zero-order chi connectivity index (χ0) is 10.6. The average molecular weight is 200 g/mol. The van der Waals surface area contributed by atoms with E-state index >= 15 is 0 Å². The third kappa shape index (κ3) is 3.95. The summed E-state index contributed by atoms with van der Waals surface area (Å²) >= 11 is 0. The Morgan fingerprint density at radius 2 is 2.07 bits per heavy atom. The van der Waals surface area contributed by atoms with E-state index in [4.69, 9.17) is 0 Å². The van der Waals surface area contributed by atoms with Crippen LogP contribution in [0.25, 0.3) is 0 Å². The highest BCUT2D eigenvalue weighted by atomic mass is 16.3. The molecule has 0 aromatic rings. The summed E-state index contributed by atoms with van der Waals surface area (Å²) in [6.45, 7) is 9.41. The zero-order valence-corrected chi connectivity index (χ0v) is 9.66. The molecule has 0 unspecified atom stereocenters. The third-order valence-corrected chi connectivity index (χ3v) is 2.62. The van der Waals surface area contributed by atoms with E-state index in [-0.39, 0.29) is 6.10 Å². The molecule has 84 valence electrons. The molecule has 2 N–H and O–H groups in total. The summed E-state index contributed by atoms with van der Waals surface area (Å²) in [5.74, 6) is 0. The average Bonchev–Trinajstić information content (AvgIpc) is 2.00. The van der Waals surface area contributed by atoms with E-state index in [1.807, 2.05) is 0 Å². The lowest BCUT2D eigenvalue weighted by atomic mass is 10.1. The van der Waals surface area contributed by atoms with Gasteiger partial charge < -0.3 is 10.4 Å². The Bertz CT molecular complexity index is 155. The number of hydrogen-bond donors (Lipinski definition) is 2. The summed E-state index contributed by atoms with van der Waals surface area (Å²) in [6, 6.07) is 1.14. The molecular weight excluding hydrogens is 176 g/mol. The summed E-state index contributed by atoms with van der Waals surface area (Å²) in [7, 11) is 0. The number of rotatable bonds is 6. The Hall–Kier alpha value is -0.120. The van der Waals surface area contributed by atoms with Crippen molar-refractivity contribution in [2.24, 2.45) is 0 Å². The van der Waals surface area contributed by atoms with Crippen LogP contribution in [0.5, 0.6) is 0 Å². The first kappa shape index (κ1) is 12.0. The van der Waals surface area contributed by atoms with Gasteiger partial charge in [-0.2, -0.15) is 0 Å². The van der Waals surface area contributed by atoms with Crippen LogP contribution in [0.3, 0.4) is 0 Å². The number of nitrogens with zero attached hydrogens (tertiary/aromatic N) is 1. The Morgan fingerprint density at radius 3 is 2.50 bits per heavy atom. The van der Waals surface area contributed by atoms with Gasteiger partial charge in [0.05, 0.1) is 6.10 Å². The van der Waals surface area contributed by atoms with Gasteiger partial charge in [0.1, 0.15) is 0 Å². The first-order chi connectivity index (χ1) is 6.61. The fourth-order valence-electron chi connectivity index (χ4n) is 2.05. The first-order valence-electron chi connectivity index (χ1n) is 5.78. The number of nitrogens with one attached hydrogen (secondary N) is 1. The standard InChI is InChI=1S/C11H24N2O/c1-4-5-10(12-9(2)3)6-13-7-11(14)8-13/h9-12,14H,4-8H2,1-3H3/t10-/m1/s1. The van der Waals surface area contributed by atoms with E-state index in [0.29, 0.717) is 12.1 Å². The molecular formula is C11H24N2O. The van der Waals surface area contributed by atoms with Crippen molar-refractivity contribution in [3.63, 3.8) is 0 Å². The van der Waals surface area contributed by atoms with Gasteiger partial charge in [0, 0.05) is 31.7 Å². The van der Waals surface area contributed by atoms with Crippen molar-refractivity contribution < 1.29 is 5.11 Å². The van der Waals surface area contributed by atoms with Crippen molar-refractivity contribution in [2.45, 2.75) is 51.8 Å². The molecule has 0 saturated carbocycles. The van der Waals surface area contributed by atoms with Crippen molar-refractivity contribution >= 4 is 0 Å². The maximum absolute atomic E-state index is 9.18. The summed E-state index contributed by atoms with van der Waals surface area (Å²) in [4.78, 5) is 2.32. The number of hydrogen-bond acceptors (Lipinski definition) is 3. The Balaban J connectivity index is 2.20. The lowest BCUT2D eigenvalue weighted by molar-refractivity contribution is -0.00383. The molecule has 0 bridgehead atoms. The maximum Gasteiger partial charge on any atom is 0.0793 e. The molecule has 3 nitrogen and oxygen atoms in total. The summed E-state index contributed by atoms with van der Waals surface area (Å²) < 4.78 is 0. The van der Waals surface area contributed by atoms with E-state index in [9.17, 15) is 5.11 Å². The molecule has 0 aromatic carbocycles. The minimum atomic E-state index is -0.0728. The van der Waals surface area contributed by atoms with Crippen molar-refractivity contribution in [2.75, 3.05) is 19.6 Å². The quantitative estimate of drug-likeness (QED) is 0.666. The number of aliphatic hydroxyl groups is 1. The van der Waals surface area contributed by atoms with Gasteiger partial charge in [-0.05, 0) is 6.42 Å². The van der Waals surface area contributed by atoms with Crippen molar-refractivity contribution in [1.29, 1.82) is 0 Å². The smallest absolute Gasteiger partial charge is 0.0793 e. The van der Waals surface area contributed by atoms with Crippen LogP contribution in [0, 0.1) is 0 Å². The molecule has 0 spiro atoms. The van der Waals surface area contributed by atoms with Gasteiger partial charge in [0.25, 0.3) is 0 Å². The molecule has 1 aliphatic heterocycles. The predicted octanol–water partition coefficient (Wildman–Crippen LogP) is 0.830. The molecule has 0 aromatic heterocycles. The zero-order valence-electron chi connectivity index (χ0n) is 9.66. The lowest BCUT2D eigenvalue weighted by Gasteiger charge is -2.38. The molecule has 3 heteroatoms. The number of β-amino-alcohol motifs (C(OH)–C–C–N with tert-alkyl or cyclic N) is 1. The molecule has 1 heterocycles. The molecule has 1 atom stereocenters. The minimum Gasteiger partial charge on any atom is -0.390 e. The van der Waals surface area contributed by atoms with Crippen LogP contribution >= 0.6 is 0 Å². The highest BCUT2D eigenvalue weighted by Gasteiger charge is 2.26. The largest absolute Gasteiger partial charge is 0.390 e. The maximum atomic E-state index is 9.18. The van der Waals surface area contributed by atoms with Gasteiger partial charge >= 0.3 is 0 Å². The number of likely N-dealkylation sites (tertiary alicyclic amines) is 1. The minimum absolute atomic E-state index is 0.0728. The fraction of sp³-hybridized carbons (Fsp3) is 1.00. The topological polar surface area (TPSA) is 35.5 Å². The van der Waals surface area contributed by atoms with Crippen LogP contribution in [0.15, 0.2) is 0 Å². The first-order valence-corrected chi connectivity index (χ1v) is 5.78. The van der Waals surface area contributed by atoms with Gasteiger partial charge in [-0.15, -0.1) is 0 Å². The highest BCUT2D eigenvalue weighted by molar-refractivity contribution is 4.83. The van der Waals surface area contributed by atoms with E-state index in [0.717, 1.165) is 19.6 Å². The summed E-state index contributed by atoms with van der Waals surface area (Å²) in [5.41, 5.74) is 0. The normalized spacial score (nSPS) is 21.2. The van der Waals surface area contributed by atoms with Crippen LogP contribution in [0.1, 0.15) is 33.6 Å². The monoisotopic (exact) mass is 200 g/mol. The van der Waals surface area contributed by atoms with E-state index in [1.54, 1.807) is 0 Å². The molecule has 1 aliphatic rings. The van der Waals surface area contributed by atoms with Crippen LogP contribution in [-0.4, -0.2) is 47.8 Å². The molecule has 14 heavy (non-hydrogen) atoms. The second-order valence-corrected chi connectivity index (χ2v) is 4.68. The Labute approximate surface area is 87.5 Å². The van der Waals surface area contributed by atoms with E-state index < -0.39 is 0 Å². The van der Waals surface area contributed by atoms with Crippen LogP contribution in [0.4, 0.5) is 0 Å². The summed E-state index contributed by atoms with van der Waals surface area (Å²) in [6.07, 6.45) is 2.38. The third-order valence-electron chi connectivity index (χ3n) is 2.62. The Morgan fingerprint density at radius 1 is 1.43 bits per heavy atom.